The normalized spacial score (nSPS) is 29.9. The zero-order valence-electron chi connectivity index (χ0n) is 27.4. The summed E-state index contributed by atoms with van der Waals surface area (Å²) < 4.78 is 5.60. The van der Waals surface area contributed by atoms with Crippen LogP contribution in [0.2, 0.25) is 0 Å². The van der Waals surface area contributed by atoms with E-state index < -0.39 is 88.2 Å². The van der Waals surface area contributed by atoms with Gasteiger partial charge in [-0.05, 0) is 53.9 Å². The maximum atomic E-state index is 14.2. The highest BCUT2D eigenvalue weighted by atomic mass is 16.5. The summed E-state index contributed by atoms with van der Waals surface area (Å²) in [7, 11) is 2.98. The Labute approximate surface area is 286 Å². The molecular weight excluding hydrogens is 646 g/mol. The molecule has 50 heavy (non-hydrogen) atoms. The third-order valence-corrected chi connectivity index (χ3v) is 11.1. The van der Waals surface area contributed by atoms with Gasteiger partial charge in [-0.2, -0.15) is 0 Å². The second-order valence-corrected chi connectivity index (χ2v) is 13.8. The molecule has 0 aromatic heterocycles. The van der Waals surface area contributed by atoms with E-state index in [0.29, 0.717) is 5.56 Å². The van der Waals surface area contributed by atoms with Crippen molar-refractivity contribution in [1.29, 1.82) is 0 Å². The average molecular weight is 684 g/mol. The molecule has 0 bridgehead atoms. The number of nitrogens with one attached hydrogen (secondary N) is 1. The van der Waals surface area contributed by atoms with Crippen LogP contribution in [0, 0.1) is 17.8 Å². The fourth-order valence-electron chi connectivity index (χ4n) is 8.82. The number of rotatable bonds is 5. The van der Waals surface area contributed by atoms with Gasteiger partial charge in [0.1, 0.15) is 24.0 Å². The van der Waals surface area contributed by atoms with Gasteiger partial charge in [-0.15, -0.1) is 0 Å². The summed E-state index contributed by atoms with van der Waals surface area (Å²) in [5.41, 5.74) is 5.87. The lowest BCUT2D eigenvalue weighted by atomic mass is 9.52. The van der Waals surface area contributed by atoms with Crippen LogP contribution < -0.4 is 11.1 Å². The Hall–Kier alpha value is -5.08. The molecule has 13 nitrogen and oxygen atoms in total. The summed E-state index contributed by atoms with van der Waals surface area (Å²) in [5.74, 6) is -11.1. The first-order chi connectivity index (χ1) is 23.7. The monoisotopic (exact) mass is 683 g/mol. The number of benzene rings is 3. The maximum Gasteiger partial charge on any atom is 0.411 e. The second-order valence-electron chi connectivity index (χ2n) is 13.8. The molecule has 2 saturated carbocycles. The predicted octanol–water partition coefficient (Wildman–Crippen LogP) is 2.02. The van der Waals surface area contributed by atoms with Gasteiger partial charge in [0, 0.05) is 29.4 Å². The molecule has 0 spiro atoms. The Morgan fingerprint density at radius 2 is 1.52 bits per heavy atom. The number of nitrogens with two attached hydrogens (primary N) is 1. The van der Waals surface area contributed by atoms with Crippen molar-refractivity contribution in [3.05, 3.63) is 88.5 Å². The van der Waals surface area contributed by atoms with Crippen LogP contribution in [-0.2, 0) is 19.1 Å². The topological polar surface area (TPSA) is 220 Å². The average Bonchev–Trinajstić information content (AvgIpc) is 3.39. The van der Waals surface area contributed by atoms with Crippen molar-refractivity contribution in [3.8, 4) is 16.9 Å². The molecule has 2 fully saturated rings. The van der Waals surface area contributed by atoms with Gasteiger partial charge < -0.3 is 40.9 Å². The molecule has 4 aliphatic rings. The number of nitrogens with zero attached hydrogens (tertiary/aromatic N) is 1. The number of phenolic OH excluding ortho intramolecular Hbond substituents is 1. The number of ketones is 2. The highest BCUT2D eigenvalue weighted by Gasteiger charge is 2.71. The van der Waals surface area contributed by atoms with Gasteiger partial charge in [0.2, 0.25) is 11.7 Å². The number of carbonyl (C=O) groups is 4. The van der Waals surface area contributed by atoms with Crippen LogP contribution in [-0.4, -0.2) is 98.6 Å². The van der Waals surface area contributed by atoms with Crippen LogP contribution in [0.25, 0.3) is 16.9 Å². The molecular formula is C37H37N3O10. The van der Waals surface area contributed by atoms with E-state index in [1.54, 1.807) is 6.92 Å². The van der Waals surface area contributed by atoms with Gasteiger partial charge in [0.15, 0.2) is 11.4 Å². The first-order valence-corrected chi connectivity index (χ1v) is 16.3. The van der Waals surface area contributed by atoms with Gasteiger partial charge in [-0.25, -0.2) is 4.79 Å². The summed E-state index contributed by atoms with van der Waals surface area (Å²) >= 11 is 0. The van der Waals surface area contributed by atoms with Gasteiger partial charge in [0.05, 0.1) is 23.5 Å². The Balaban J connectivity index is 1.21. The highest BCUT2D eigenvalue weighted by Crippen LogP contribution is 2.56. The Morgan fingerprint density at radius 1 is 0.920 bits per heavy atom. The number of anilines is 1. The van der Waals surface area contributed by atoms with Crippen LogP contribution in [0.4, 0.5) is 10.5 Å². The number of hydrogen-bond acceptors (Lipinski definition) is 11. The molecule has 260 valence electrons. The smallest absolute Gasteiger partial charge is 0.411 e. The second kappa shape index (κ2) is 11.8. The Morgan fingerprint density at radius 3 is 2.10 bits per heavy atom. The number of Topliss-reactive ketones (excluding diaryl/α,β-unsaturated/α-hetero) is 2. The van der Waals surface area contributed by atoms with E-state index in [4.69, 9.17) is 10.5 Å². The molecule has 3 aromatic rings. The van der Waals surface area contributed by atoms with E-state index in [2.05, 4.69) is 5.32 Å². The van der Waals surface area contributed by atoms with Crippen LogP contribution in [0.15, 0.2) is 66.2 Å². The Bertz CT molecular complexity index is 1960. The van der Waals surface area contributed by atoms with E-state index in [0.717, 1.165) is 22.3 Å². The summed E-state index contributed by atoms with van der Waals surface area (Å²) in [5, 5.41) is 60.2. The Kier molecular flexibility index (Phi) is 7.86. The zero-order chi connectivity index (χ0) is 36.0. The third kappa shape index (κ3) is 4.54. The minimum atomic E-state index is -3.04. The molecule has 0 radical (unpaired) electrons. The number of phenols is 1. The summed E-state index contributed by atoms with van der Waals surface area (Å²) in [4.78, 5) is 54.6. The number of hydrogen-bond donors (Lipinski definition) is 7. The van der Waals surface area contributed by atoms with Crippen molar-refractivity contribution >= 4 is 35.0 Å². The van der Waals surface area contributed by atoms with E-state index in [-0.39, 0.29) is 23.8 Å². The van der Waals surface area contributed by atoms with Crippen molar-refractivity contribution in [2.75, 3.05) is 26.0 Å². The van der Waals surface area contributed by atoms with Crippen LogP contribution in [0.3, 0.4) is 0 Å². The number of aliphatic hydroxyl groups excluding tert-OH is 3. The number of aliphatic hydroxyl groups is 4. The highest BCUT2D eigenvalue weighted by molar-refractivity contribution is 6.25. The summed E-state index contributed by atoms with van der Waals surface area (Å²) in [6.45, 7) is 1.63. The molecule has 8 N–H and O–H groups in total. The van der Waals surface area contributed by atoms with Crippen LogP contribution in [0.5, 0.6) is 5.75 Å². The quantitative estimate of drug-likeness (QED) is 0.152. The summed E-state index contributed by atoms with van der Waals surface area (Å²) in [6.07, 6.45) is -4.32. The van der Waals surface area contributed by atoms with Gasteiger partial charge in [-0.3, -0.25) is 19.7 Å². The van der Waals surface area contributed by atoms with Crippen molar-refractivity contribution < 1.29 is 49.4 Å². The van der Waals surface area contributed by atoms with E-state index in [1.165, 1.54) is 31.1 Å². The predicted molar refractivity (Wildman–Crippen MR) is 179 cm³/mol. The number of amides is 2. The van der Waals surface area contributed by atoms with Crippen molar-refractivity contribution in [1.82, 2.24) is 4.90 Å². The molecule has 8 atom stereocenters. The van der Waals surface area contributed by atoms with Crippen molar-refractivity contribution in [2.45, 2.75) is 42.6 Å². The number of fused-ring (bicyclic) bond motifs is 6. The molecule has 4 aliphatic carbocycles. The van der Waals surface area contributed by atoms with Gasteiger partial charge >= 0.3 is 6.09 Å². The zero-order valence-corrected chi connectivity index (χ0v) is 27.4. The minimum absolute atomic E-state index is 0.00528. The number of primary amides is 1. The fraction of sp³-hybridized carbons (Fsp3) is 0.351. The maximum absolute atomic E-state index is 14.2. The molecule has 0 heterocycles. The number of aromatic hydroxyl groups is 1. The van der Waals surface area contributed by atoms with Crippen molar-refractivity contribution in [2.24, 2.45) is 23.5 Å². The van der Waals surface area contributed by atoms with E-state index >= 15 is 0 Å². The molecule has 5 unspecified atom stereocenters. The van der Waals surface area contributed by atoms with E-state index in [1.807, 2.05) is 48.5 Å². The number of carbonyl (C=O) groups excluding carboxylic acids is 4. The van der Waals surface area contributed by atoms with Gasteiger partial charge in [0.25, 0.3) is 0 Å². The fourth-order valence-corrected chi connectivity index (χ4v) is 8.82. The van der Waals surface area contributed by atoms with Crippen molar-refractivity contribution in [3.63, 3.8) is 0 Å². The molecule has 13 heteroatoms. The van der Waals surface area contributed by atoms with Gasteiger partial charge in [-0.1, -0.05) is 61.5 Å². The lowest BCUT2D eigenvalue weighted by Gasteiger charge is -2.56. The van der Waals surface area contributed by atoms with Crippen LogP contribution >= 0.6 is 0 Å². The first kappa shape index (κ1) is 33.4. The number of likely N-dealkylation sites (N-methyl/N-ethyl adjacent to an activating group) is 1. The third-order valence-electron chi connectivity index (χ3n) is 11.1. The minimum Gasteiger partial charge on any atom is -0.507 e. The molecule has 0 saturated heterocycles. The molecule has 7 rings (SSSR count). The molecule has 3 aromatic carbocycles. The molecule has 2 amide bonds. The lowest BCUT2D eigenvalue weighted by Crippen LogP contribution is -2.76. The largest absolute Gasteiger partial charge is 0.507 e. The van der Waals surface area contributed by atoms with E-state index in [9.17, 15) is 44.7 Å². The SMILES string of the molecule is C[C@H]1c2ccc(NC(=O)OCC3c4ccccc4-c4ccccc43)c(O)c2C(O)=C2C(=O)[C@]3(O)C(=O)C(C(N)=O)C(O)C(N(C)C)C3[C@@H](O)C21. The summed E-state index contributed by atoms with van der Waals surface area (Å²) in [6, 6.07) is 17.3. The van der Waals surface area contributed by atoms with Crippen LogP contribution in [0.1, 0.15) is 41.0 Å². The molecule has 0 aliphatic heterocycles. The lowest BCUT2D eigenvalue weighted by molar-refractivity contribution is -0.199. The number of ether oxygens (including phenoxy) is 1. The standard InChI is InChI=1S/C37H37N3O10/c1-15-16-12-13-22(39-36(48)50-14-21-19-10-6-4-8-17(19)18-9-5-7-11-20(18)21)29(41)24(16)30(42)25-23(15)31(43)27-28(40(2)3)32(44)26(35(38)47)34(46)37(27,49)33(25)45/h4-13,15,21,23,26-28,31-32,41-44,49H,14H2,1-3H3,(H2,38,47)(H,39,48)/t15-,23?,26?,27?,28?,31-,32?,37-/m0/s1. The first-order valence-electron chi connectivity index (χ1n) is 16.3.